The van der Waals surface area contributed by atoms with E-state index in [-0.39, 0.29) is 30.9 Å². The van der Waals surface area contributed by atoms with Crippen molar-refractivity contribution in [1.29, 1.82) is 0 Å². The molecule has 0 aromatic rings. The third-order valence-electron chi connectivity index (χ3n) is 12.4. The second kappa shape index (κ2) is 22.5. The van der Waals surface area contributed by atoms with Gasteiger partial charge in [0.05, 0.1) is 54.7 Å². The van der Waals surface area contributed by atoms with Crippen molar-refractivity contribution in [2.45, 2.75) is 190 Å². The highest BCUT2D eigenvalue weighted by molar-refractivity contribution is 5.70. The van der Waals surface area contributed by atoms with E-state index in [1.54, 1.807) is 39.8 Å². The lowest BCUT2D eigenvalue weighted by molar-refractivity contribution is -0.344. The van der Waals surface area contributed by atoms with Crippen LogP contribution in [0.2, 0.25) is 0 Å². The molecular weight excluding hydrogens is 768 g/mol. The van der Waals surface area contributed by atoms with Crippen LogP contribution in [0.5, 0.6) is 0 Å². The molecule has 0 bridgehead atoms. The lowest BCUT2D eigenvalue weighted by Crippen LogP contribution is -2.65. The molecule has 19 atom stereocenters. The molecule has 340 valence electrons. The van der Waals surface area contributed by atoms with Gasteiger partial charge >= 0.3 is 5.97 Å². The maximum Gasteiger partial charge on any atom is 0.308 e. The van der Waals surface area contributed by atoms with Crippen molar-refractivity contribution < 1.29 is 67.9 Å². The van der Waals surface area contributed by atoms with Gasteiger partial charge in [0.25, 0.3) is 0 Å². The molecule has 0 aliphatic carbocycles. The summed E-state index contributed by atoms with van der Waals surface area (Å²) >= 11 is 0. The summed E-state index contributed by atoms with van der Waals surface area (Å²) < 4.78 is 50.0. The molecule has 16 nitrogen and oxygen atoms in total. The maximum absolute atomic E-state index is 13.1. The number of allylic oxidation sites excluding steroid dienone is 2. The summed E-state index contributed by atoms with van der Waals surface area (Å²) in [4.78, 5) is 29.5. The summed E-state index contributed by atoms with van der Waals surface area (Å²) in [5.74, 6) is -1.47. The van der Waals surface area contributed by atoms with Crippen LogP contribution in [0.25, 0.3) is 0 Å². The number of carbonyl (C=O) groups is 2. The number of carbonyl (C=O) groups excluding carboxylic acids is 2. The van der Waals surface area contributed by atoms with Crippen LogP contribution < -0.4 is 0 Å². The number of aliphatic hydroxyl groups is 4. The van der Waals surface area contributed by atoms with Gasteiger partial charge in [-0.2, -0.15) is 0 Å². The smallest absolute Gasteiger partial charge is 0.308 e. The standard InChI is InChI=1S/C43H74N2O14/c1-24-21-29(19-20-46)39(59-42-37(49)36(45(9)10)38(27(4)56-42)58-35-23-43(6,51)41(50)28(5)55-35)40(52-11)31(47)22-33(48)53-25(2)15-13-12-14-16-32(24)57-34-18-17-30(44(7)8)26(3)54-34/h12-14,16,20,24-32,34-42,47,49-51H,15,17-19,21-23H2,1-11H3/b13-12-,16-14+/t24-,25-,26-,27-,28+,29+,30+,31-,32+,34?,35+,36-,37-,38-,39+,40+,41+,42+,43-/m1/s1. The summed E-state index contributed by atoms with van der Waals surface area (Å²) in [6, 6.07) is -0.466. The first-order chi connectivity index (χ1) is 27.8. The topological polar surface area (TPSA) is 195 Å². The van der Waals surface area contributed by atoms with E-state index in [0.29, 0.717) is 19.3 Å². The quantitative estimate of drug-likeness (QED) is 0.175. The van der Waals surface area contributed by atoms with Gasteiger partial charge in [0.2, 0.25) is 0 Å². The minimum absolute atomic E-state index is 0.00885. The van der Waals surface area contributed by atoms with Gasteiger partial charge in [-0.05, 0) is 93.9 Å². The van der Waals surface area contributed by atoms with Crippen molar-refractivity contribution in [2.24, 2.45) is 11.8 Å². The number of hydrogen-bond donors (Lipinski definition) is 4. The van der Waals surface area contributed by atoms with Gasteiger partial charge in [0, 0.05) is 32.4 Å². The molecule has 4 aliphatic heterocycles. The molecule has 0 spiro atoms. The molecule has 3 fully saturated rings. The molecule has 4 heterocycles. The number of cyclic esters (lactones) is 1. The van der Waals surface area contributed by atoms with E-state index in [1.807, 2.05) is 52.2 Å². The Morgan fingerprint density at radius 1 is 0.864 bits per heavy atom. The van der Waals surface area contributed by atoms with Gasteiger partial charge in [-0.25, -0.2) is 0 Å². The molecule has 0 aromatic heterocycles. The molecule has 4 rings (SSSR count). The zero-order valence-electron chi connectivity index (χ0n) is 37.0. The Kier molecular flexibility index (Phi) is 18.9. The van der Waals surface area contributed by atoms with E-state index >= 15 is 0 Å². The van der Waals surface area contributed by atoms with Crippen LogP contribution in [-0.2, 0) is 47.5 Å². The third kappa shape index (κ3) is 13.3. The number of likely N-dealkylation sites (N-methyl/N-ethyl adjacent to an activating group) is 2. The van der Waals surface area contributed by atoms with Crippen LogP contribution in [-0.4, -0.2) is 181 Å². The van der Waals surface area contributed by atoms with E-state index in [0.717, 1.165) is 12.7 Å². The fourth-order valence-corrected chi connectivity index (χ4v) is 9.10. The van der Waals surface area contributed by atoms with Crippen LogP contribution in [0.1, 0.15) is 86.5 Å². The van der Waals surface area contributed by atoms with Gasteiger partial charge in [0.15, 0.2) is 18.9 Å². The van der Waals surface area contributed by atoms with Gasteiger partial charge in [-0.3, -0.25) is 4.79 Å². The average Bonchev–Trinajstić information content (AvgIpc) is 3.13. The lowest BCUT2D eigenvalue weighted by atomic mass is 9.82. The Labute approximate surface area is 351 Å². The zero-order chi connectivity index (χ0) is 43.8. The van der Waals surface area contributed by atoms with Crippen molar-refractivity contribution in [3.05, 3.63) is 24.3 Å². The number of aliphatic hydroxyl groups excluding tert-OH is 3. The normalized spacial score (nSPS) is 45.8. The molecule has 16 heteroatoms. The van der Waals surface area contributed by atoms with Crippen LogP contribution >= 0.6 is 0 Å². The lowest BCUT2D eigenvalue weighted by Gasteiger charge is -2.50. The molecule has 0 saturated carbocycles. The Bertz CT molecular complexity index is 1370. The van der Waals surface area contributed by atoms with Crippen molar-refractivity contribution in [2.75, 3.05) is 35.3 Å². The van der Waals surface area contributed by atoms with Crippen LogP contribution in [0.4, 0.5) is 0 Å². The van der Waals surface area contributed by atoms with E-state index in [2.05, 4.69) is 4.90 Å². The summed E-state index contributed by atoms with van der Waals surface area (Å²) in [6.45, 7) is 10.8. The van der Waals surface area contributed by atoms with Crippen molar-refractivity contribution in [3.63, 3.8) is 0 Å². The molecular formula is C43H74N2O14. The van der Waals surface area contributed by atoms with Crippen LogP contribution in [0, 0.1) is 11.8 Å². The monoisotopic (exact) mass is 843 g/mol. The number of rotatable bonds is 11. The number of esters is 1. The number of methoxy groups -OCH3 is 1. The number of nitrogens with zero attached hydrogens (tertiary/aromatic N) is 2. The number of hydrogen-bond acceptors (Lipinski definition) is 16. The molecule has 4 aliphatic rings. The molecule has 3 saturated heterocycles. The fraction of sp³-hybridized carbons (Fsp3) is 0.860. The fourth-order valence-electron chi connectivity index (χ4n) is 9.10. The highest BCUT2D eigenvalue weighted by Crippen LogP contribution is 2.37. The SMILES string of the molecule is CO[C@@H]1[C@@H](O[C@@H]2O[C@H](C)[C@@H](O[C@H]3C[C@@](C)(O)[C@@H](O)[C@H](C)O3)[C@H](N(C)C)[C@H]2O)[C@@H](CC=O)C[C@@H](C)[C@@H](OC2CC[C@H](N(C)C)[C@@H](C)O2)/C=C/C=C\C[C@@H](C)OC(=O)C[C@H]1O. The summed E-state index contributed by atoms with van der Waals surface area (Å²) in [6.07, 6.45) is -1.56. The third-order valence-corrected chi connectivity index (χ3v) is 12.4. The first kappa shape index (κ1) is 49.8. The van der Waals surface area contributed by atoms with Gasteiger partial charge in [-0.1, -0.05) is 31.2 Å². The predicted molar refractivity (Wildman–Crippen MR) is 217 cm³/mol. The maximum atomic E-state index is 13.1. The Balaban J connectivity index is 1.66. The second-order valence-electron chi connectivity index (χ2n) is 17.8. The average molecular weight is 843 g/mol. The highest BCUT2D eigenvalue weighted by Gasteiger charge is 2.52. The second-order valence-corrected chi connectivity index (χ2v) is 17.8. The summed E-state index contributed by atoms with van der Waals surface area (Å²) in [7, 11) is 9.03. The van der Waals surface area contributed by atoms with Crippen molar-refractivity contribution in [3.8, 4) is 0 Å². The van der Waals surface area contributed by atoms with E-state index < -0.39 is 110 Å². The highest BCUT2D eigenvalue weighted by atomic mass is 16.7. The van der Waals surface area contributed by atoms with Crippen molar-refractivity contribution >= 4 is 12.3 Å². The van der Waals surface area contributed by atoms with Crippen molar-refractivity contribution in [1.82, 2.24) is 9.80 Å². The Morgan fingerprint density at radius 3 is 2.17 bits per heavy atom. The van der Waals surface area contributed by atoms with E-state index in [4.69, 9.17) is 37.9 Å². The Hall–Kier alpha value is -1.90. The molecule has 0 radical (unpaired) electrons. The molecule has 1 unspecified atom stereocenters. The minimum Gasteiger partial charge on any atom is -0.462 e. The zero-order valence-corrected chi connectivity index (χ0v) is 37.0. The number of ether oxygens (including phenoxy) is 8. The molecule has 0 amide bonds. The first-order valence-electron chi connectivity index (χ1n) is 21.3. The van der Waals surface area contributed by atoms with Crippen LogP contribution in [0.3, 0.4) is 0 Å². The van der Waals surface area contributed by atoms with Gasteiger partial charge in [0.1, 0.15) is 36.8 Å². The largest absolute Gasteiger partial charge is 0.462 e. The Morgan fingerprint density at radius 2 is 1.56 bits per heavy atom. The summed E-state index contributed by atoms with van der Waals surface area (Å²) in [5, 5.41) is 45.1. The van der Waals surface area contributed by atoms with E-state index in [1.165, 1.54) is 14.0 Å². The molecule has 0 aromatic carbocycles. The first-order valence-corrected chi connectivity index (χ1v) is 21.3. The van der Waals surface area contributed by atoms with Crippen LogP contribution in [0.15, 0.2) is 24.3 Å². The van der Waals surface area contributed by atoms with Gasteiger partial charge < -0.3 is 72.9 Å². The van der Waals surface area contributed by atoms with Gasteiger partial charge in [-0.15, -0.1) is 0 Å². The molecule has 4 N–H and O–H groups in total. The summed E-state index contributed by atoms with van der Waals surface area (Å²) in [5.41, 5.74) is -1.47. The minimum atomic E-state index is -1.47. The predicted octanol–water partition coefficient (Wildman–Crippen LogP) is 2.33. The molecule has 59 heavy (non-hydrogen) atoms. The number of aldehydes is 1. The van der Waals surface area contributed by atoms with E-state index in [9.17, 15) is 30.0 Å².